The van der Waals surface area contributed by atoms with Gasteiger partial charge in [-0.3, -0.25) is 0 Å². The van der Waals surface area contributed by atoms with Crippen molar-refractivity contribution in [1.82, 2.24) is 5.32 Å². The monoisotopic (exact) mass is 297 g/mol. The summed E-state index contributed by atoms with van der Waals surface area (Å²) >= 11 is 0. The van der Waals surface area contributed by atoms with Crippen LogP contribution in [-0.2, 0) is 6.42 Å². The van der Waals surface area contributed by atoms with Gasteiger partial charge in [0.2, 0.25) is 0 Å². The molecule has 0 aliphatic heterocycles. The van der Waals surface area contributed by atoms with Gasteiger partial charge in [0.05, 0.1) is 0 Å². The fraction of sp³-hybridized carbons (Fsp3) is 0.400. The molecule has 1 atom stereocenters. The number of phenols is 1. The highest BCUT2D eigenvalue weighted by atomic mass is 16.3. The molecule has 2 rings (SSSR count). The molecule has 0 aromatic heterocycles. The smallest absolute Gasteiger partial charge is 0.119 e. The third kappa shape index (κ3) is 4.35. The van der Waals surface area contributed by atoms with Gasteiger partial charge in [-0.15, -0.1) is 0 Å². The number of nitrogens with one attached hydrogen (secondary N) is 1. The van der Waals surface area contributed by atoms with Crippen molar-refractivity contribution in [3.8, 4) is 5.75 Å². The summed E-state index contributed by atoms with van der Waals surface area (Å²) in [6, 6.07) is 16.9. The van der Waals surface area contributed by atoms with Crippen molar-refractivity contribution in [2.75, 3.05) is 6.54 Å². The van der Waals surface area contributed by atoms with Gasteiger partial charge in [-0.05, 0) is 36.6 Å². The average Bonchev–Trinajstić information content (AvgIpc) is 2.53. The van der Waals surface area contributed by atoms with Crippen LogP contribution in [0.1, 0.15) is 49.8 Å². The highest BCUT2D eigenvalue weighted by Crippen LogP contribution is 2.34. The second-order valence-electron chi connectivity index (χ2n) is 6.11. The zero-order chi connectivity index (χ0) is 15.9. The predicted octanol–water partition coefficient (Wildman–Crippen LogP) is 4.47. The van der Waals surface area contributed by atoms with Crippen molar-refractivity contribution in [1.29, 1.82) is 0 Å². The summed E-state index contributed by atoms with van der Waals surface area (Å²) in [5.74, 6) is 0.620. The van der Waals surface area contributed by atoms with E-state index in [4.69, 9.17) is 0 Å². The minimum absolute atomic E-state index is 0.221. The Morgan fingerprint density at radius 2 is 1.77 bits per heavy atom. The summed E-state index contributed by atoms with van der Waals surface area (Å²) < 4.78 is 0. The second-order valence-corrected chi connectivity index (χ2v) is 6.11. The van der Waals surface area contributed by atoms with Crippen LogP contribution in [0.25, 0.3) is 0 Å². The maximum atomic E-state index is 10.4. The maximum Gasteiger partial charge on any atom is 0.119 e. The van der Waals surface area contributed by atoms with E-state index < -0.39 is 0 Å². The molecule has 2 N–H and O–H groups in total. The molecule has 22 heavy (non-hydrogen) atoms. The van der Waals surface area contributed by atoms with Gasteiger partial charge in [0, 0.05) is 17.5 Å². The number of aromatic hydroxyl groups is 1. The van der Waals surface area contributed by atoms with Gasteiger partial charge in [0.25, 0.3) is 0 Å². The molecule has 2 aromatic rings. The Kier molecular flexibility index (Phi) is 6.02. The highest BCUT2D eigenvalue weighted by Gasteiger charge is 2.18. The van der Waals surface area contributed by atoms with Crippen LogP contribution in [0, 0.1) is 0 Å². The molecular formula is C20H27NO. The third-order valence-electron chi connectivity index (χ3n) is 4.06. The lowest BCUT2D eigenvalue weighted by atomic mass is 9.86. The summed E-state index contributed by atoms with van der Waals surface area (Å²) in [6.07, 6.45) is 1.96. The van der Waals surface area contributed by atoms with Crippen LogP contribution in [0.4, 0.5) is 0 Å². The van der Waals surface area contributed by atoms with Crippen molar-refractivity contribution in [2.24, 2.45) is 0 Å². The highest BCUT2D eigenvalue weighted by molar-refractivity contribution is 5.43. The number of phenolic OH excluding ortho intramolecular Hbond substituents is 1. The molecule has 0 amide bonds. The number of hydrogen-bond acceptors (Lipinski definition) is 2. The predicted molar refractivity (Wildman–Crippen MR) is 93.5 cm³/mol. The van der Waals surface area contributed by atoms with Crippen LogP contribution in [0.3, 0.4) is 0 Å². The molecule has 0 bridgehead atoms. The summed E-state index contributed by atoms with van der Waals surface area (Å²) in [5.41, 5.74) is 3.57. The number of hydrogen-bond donors (Lipinski definition) is 2. The van der Waals surface area contributed by atoms with Crippen molar-refractivity contribution < 1.29 is 5.11 Å². The molecule has 0 spiro atoms. The third-order valence-corrected chi connectivity index (χ3v) is 4.06. The number of aryl methyl sites for hydroxylation is 1. The van der Waals surface area contributed by atoms with Crippen molar-refractivity contribution in [3.05, 3.63) is 65.2 Å². The van der Waals surface area contributed by atoms with Gasteiger partial charge in [-0.25, -0.2) is 0 Å². The Labute approximate surface area is 134 Å². The van der Waals surface area contributed by atoms with E-state index in [1.807, 2.05) is 18.2 Å². The van der Waals surface area contributed by atoms with Gasteiger partial charge in [-0.2, -0.15) is 0 Å². The lowest BCUT2D eigenvalue weighted by molar-refractivity contribution is 0.459. The molecule has 0 aliphatic carbocycles. The number of benzene rings is 2. The Morgan fingerprint density at radius 3 is 2.41 bits per heavy atom. The molecule has 0 heterocycles. The van der Waals surface area contributed by atoms with Gasteiger partial charge in [0.1, 0.15) is 5.75 Å². The van der Waals surface area contributed by atoms with Crippen LogP contribution >= 0.6 is 0 Å². The fourth-order valence-corrected chi connectivity index (χ4v) is 2.81. The fourth-order valence-electron chi connectivity index (χ4n) is 2.81. The second kappa shape index (κ2) is 8.00. The molecule has 2 heteroatoms. The molecule has 118 valence electrons. The standard InChI is InChI=1S/C20H27NO/c1-4-16-10-11-20(22)19(14-16)18(12-13-21-15(2)3)17-8-6-5-7-9-17/h5-11,14-15,18,21-22H,4,12-13H2,1-3H3/t18-/m0/s1. The molecule has 2 nitrogen and oxygen atoms in total. The summed E-state index contributed by atoms with van der Waals surface area (Å²) in [7, 11) is 0. The lowest BCUT2D eigenvalue weighted by Crippen LogP contribution is -2.25. The Morgan fingerprint density at radius 1 is 1.05 bits per heavy atom. The van der Waals surface area contributed by atoms with Crippen LogP contribution in [0.5, 0.6) is 5.75 Å². The Hall–Kier alpha value is -1.80. The molecule has 2 aromatic carbocycles. The molecule has 0 saturated heterocycles. The molecule has 0 aliphatic rings. The van der Waals surface area contributed by atoms with Crippen molar-refractivity contribution in [2.45, 2.75) is 45.6 Å². The van der Waals surface area contributed by atoms with Gasteiger partial charge < -0.3 is 10.4 Å². The zero-order valence-corrected chi connectivity index (χ0v) is 13.8. The number of rotatable bonds is 7. The first-order valence-corrected chi connectivity index (χ1v) is 8.22. The van der Waals surface area contributed by atoms with E-state index in [1.54, 1.807) is 0 Å². The molecule has 0 radical (unpaired) electrons. The molecular weight excluding hydrogens is 270 g/mol. The Bertz CT molecular complexity index is 578. The molecule has 0 fully saturated rings. The van der Waals surface area contributed by atoms with Crippen LogP contribution in [0.2, 0.25) is 0 Å². The minimum atomic E-state index is 0.221. The maximum absolute atomic E-state index is 10.4. The normalized spacial score (nSPS) is 12.5. The average molecular weight is 297 g/mol. The zero-order valence-electron chi connectivity index (χ0n) is 13.8. The summed E-state index contributed by atoms with van der Waals surface area (Å²) in [6.45, 7) is 7.40. The van der Waals surface area contributed by atoms with E-state index in [1.165, 1.54) is 11.1 Å². The quantitative estimate of drug-likeness (QED) is 0.790. The van der Waals surface area contributed by atoms with E-state index >= 15 is 0 Å². The lowest BCUT2D eigenvalue weighted by Gasteiger charge is -2.21. The van der Waals surface area contributed by atoms with E-state index in [0.717, 1.165) is 24.9 Å². The van der Waals surface area contributed by atoms with Crippen molar-refractivity contribution in [3.63, 3.8) is 0 Å². The molecule has 0 saturated carbocycles. The first kappa shape index (κ1) is 16.6. The first-order chi connectivity index (χ1) is 10.6. The van der Waals surface area contributed by atoms with E-state index in [2.05, 4.69) is 56.4 Å². The summed E-state index contributed by atoms with van der Waals surface area (Å²) in [4.78, 5) is 0. The van der Waals surface area contributed by atoms with Crippen LogP contribution in [-0.4, -0.2) is 17.7 Å². The van der Waals surface area contributed by atoms with Gasteiger partial charge in [0.15, 0.2) is 0 Å². The Balaban J connectivity index is 2.31. The van der Waals surface area contributed by atoms with Gasteiger partial charge >= 0.3 is 0 Å². The topological polar surface area (TPSA) is 32.3 Å². The largest absolute Gasteiger partial charge is 0.508 e. The SMILES string of the molecule is CCc1ccc(O)c([C@@H](CCNC(C)C)c2ccccc2)c1. The van der Waals surface area contributed by atoms with Crippen molar-refractivity contribution >= 4 is 0 Å². The van der Waals surface area contributed by atoms with Gasteiger partial charge in [-0.1, -0.05) is 63.2 Å². The van der Waals surface area contributed by atoms with E-state index in [-0.39, 0.29) is 5.92 Å². The minimum Gasteiger partial charge on any atom is -0.508 e. The van der Waals surface area contributed by atoms with Crippen LogP contribution < -0.4 is 5.32 Å². The molecule has 0 unspecified atom stereocenters. The van der Waals surface area contributed by atoms with E-state index in [9.17, 15) is 5.11 Å². The van der Waals surface area contributed by atoms with Crippen LogP contribution in [0.15, 0.2) is 48.5 Å². The summed E-state index contributed by atoms with van der Waals surface area (Å²) in [5, 5.41) is 13.8. The van der Waals surface area contributed by atoms with E-state index in [0.29, 0.717) is 11.8 Å². The first-order valence-electron chi connectivity index (χ1n) is 8.22.